The predicted octanol–water partition coefficient (Wildman–Crippen LogP) is 2.83. The number of hydrogen-bond donors (Lipinski definition) is 0. The van der Waals surface area contributed by atoms with Crippen LogP contribution in [0.25, 0.3) is 0 Å². The van der Waals surface area contributed by atoms with Crippen molar-refractivity contribution in [3.05, 3.63) is 12.2 Å². The zero-order valence-electron chi connectivity index (χ0n) is 5.52. The second-order valence-corrected chi connectivity index (χ2v) is 2.56. The largest absolute Gasteiger partial charge is 0.122 e. The molecule has 0 bridgehead atoms. The van der Waals surface area contributed by atoms with Crippen molar-refractivity contribution < 1.29 is 0 Å². The Morgan fingerprint density at radius 3 is 2.38 bits per heavy atom. The van der Waals surface area contributed by atoms with Gasteiger partial charge in [-0.2, -0.15) is 0 Å². The Labute approximate surface area is 56.5 Å². The lowest BCUT2D eigenvalue weighted by atomic mass is 10.1. The summed E-state index contributed by atoms with van der Waals surface area (Å²) in [6.07, 6.45) is 5.26. The molecule has 0 saturated carbocycles. The summed E-state index contributed by atoms with van der Waals surface area (Å²) in [6.45, 7) is 4.39. The van der Waals surface area contributed by atoms with E-state index in [1.165, 1.54) is 0 Å². The molecule has 0 amide bonds. The predicted molar refractivity (Wildman–Crippen MR) is 39.3 cm³/mol. The lowest BCUT2D eigenvalue weighted by molar-refractivity contribution is 0.663. The number of hydrogen-bond acceptors (Lipinski definition) is 0. The molecule has 0 rings (SSSR count). The molecule has 0 spiro atoms. The maximum absolute atomic E-state index is 5.40. The van der Waals surface area contributed by atoms with Gasteiger partial charge in [0.2, 0.25) is 0 Å². The van der Waals surface area contributed by atoms with Gasteiger partial charge in [-0.15, -0.1) is 11.6 Å². The van der Waals surface area contributed by atoms with E-state index in [1.54, 1.807) is 0 Å². The van der Waals surface area contributed by atoms with Crippen molar-refractivity contribution >= 4 is 11.6 Å². The zero-order chi connectivity index (χ0) is 6.41. The Hall–Kier alpha value is 0.0300. The number of halogens is 1. The fraction of sp³-hybridized carbons (Fsp3) is 0.714. The van der Waals surface area contributed by atoms with E-state index in [2.05, 4.69) is 19.9 Å². The van der Waals surface area contributed by atoms with Crippen LogP contribution in [0.1, 0.15) is 20.3 Å². The molecule has 0 aromatic carbocycles. The average Bonchev–Trinajstić information content (AvgIpc) is 1.66. The van der Waals surface area contributed by atoms with Gasteiger partial charge in [0.25, 0.3) is 0 Å². The van der Waals surface area contributed by atoms with E-state index >= 15 is 0 Å². The molecule has 8 heavy (non-hydrogen) atoms. The van der Waals surface area contributed by atoms with Crippen LogP contribution in [0.4, 0.5) is 0 Å². The Bertz CT molecular complexity index is 64.8. The first kappa shape index (κ1) is 8.03. The smallest absolute Gasteiger partial charge is 0.0404 e. The average molecular weight is 133 g/mol. The number of rotatable bonds is 3. The summed E-state index contributed by atoms with van der Waals surface area (Å²) >= 11 is 5.40. The lowest BCUT2D eigenvalue weighted by Crippen LogP contribution is -1.80. The first-order valence-electron chi connectivity index (χ1n) is 2.98. The first-order chi connectivity index (χ1) is 3.77. The summed E-state index contributed by atoms with van der Waals surface area (Å²) in [5.41, 5.74) is 0. The van der Waals surface area contributed by atoms with Crippen LogP contribution in [0, 0.1) is 5.92 Å². The highest BCUT2D eigenvalue weighted by molar-refractivity contribution is 6.18. The van der Waals surface area contributed by atoms with Crippen molar-refractivity contribution in [2.45, 2.75) is 20.3 Å². The highest BCUT2D eigenvalue weighted by Crippen LogP contribution is 1.99. The quantitative estimate of drug-likeness (QED) is 0.409. The van der Waals surface area contributed by atoms with Crippen molar-refractivity contribution in [2.75, 3.05) is 5.88 Å². The van der Waals surface area contributed by atoms with E-state index in [0.29, 0.717) is 5.88 Å². The molecule has 0 fully saturated rings. The molecule has 0 aliphatic carbocycles. The standard InChI is InChI=1S/C7H13Cl/c1-7(2)5-3-4-6-8/h3-4,7H,5-6H2,1-2H3. The van der Waals surface area contributed by atoms with Crippen LogP contribution in [0.5, 0.6) is 0 Å². The monoisotopic (exact) mass is 132 g/mol. The molecule has 1 heteroatoms. The third-order valence-corrected chi connectivity index (χ3v) is 1.04. The minimum absolute atomic E-state index is 0.646. The molecular formula is C7H13Cl. The van der Waals surface area contributed by atoms with E-state index in [-0.39, 0.29) is 0 Å². The van der Waals surface area contributed by atoms with Crippen LogP contribution in [0.15, 0.2) is 12.2 Å². The van der Waals surface area contributed by atoms with Gasteiger partial charge >= 0.3 is 0 Å². The van der Waals surface area contributed by atoms with Gasteiger partial charge in [-0.05, 0) is 12.3 Å². The summed E-state index contributed by atoms with van der Waals surface area (Å²) in [5.74, 6) is 1.40. The molecular weight excluding hydrogens is 120 g/mol. The molecule has 0 aromatic rings. The molecule has 0 atom stereocenters. The van der Waals surface area contributed by atoms with Crippen molar-refractivity contribution in [3.8, 4) is 0 Å². The van der Waals surface area contributed by atoms with Crippen molar-refractivity contribution in [1.29, 1.82) is 0 Å². The molecule has 0 nitrogen and oxygen atoms in total. The Balaban J connectivity index is 3.03. The van der Waals surface area contributed by atoms with E-state index in [4.69, 9.17) is 11.6 Å². The van der Waals surface area contributed by atoms with Crippen LogP contribution in [0.3, 0.4) is 0 Å². The maximum atomic E-state index is 5.40. The molecule has 48 valence electrons. The minimum atomic E-state index is 0.646. The summed E-state index contributed by atoms with van der Waals surface area (Å²) < 4.78 is 0. The van der Waals surface area contributed by atoms with E-state index < -0.39 is 0 Å². The number of allylic oxidation sites excluding steroid dienone is 2. The second kappa shape index (κ2) is 5.17. The molecule has 0 saturated heterocycles. The van der Waals surface area contributed by atoms with Gasteiger partial charge in [0.05, 0.1) is 0 Å². The van der Waals surface area contributed by atoms with Crippen LogP contribution >= 0.6 is 11.6 Å². The molecule has 0 heterocycles. The van der Waals surface area contributed by atoms with Crippen molar-refractivity contribution in [1.82, 2.24) is 0 Å². The van der Waals surface area contributed by atoms with Crippen molar-refractivity contribution in [2.24, 2.45) is 5.92 Å². The van der Waals surface area contributed by atoms with Gasteiger partial charge in [0, 0.05) is 5.88 Å². The molecule has 0 N–H and O–H groups in total. The summed E-state index contributed by atoms with van der Waals surface area (Å²) in [7, 11) is 0. The Morgan fingerprint density at radius 1 is 1.38 bits per heavy atom. The molecule has 0 unspecified atom stereocenters. The van der Waals surface area contributed by atoms with Gasteiger partial charge < -0.3 is 0 Å². The third kappa shape index (κ3) is 6.03. The molecule has 0 aromatic heterocycles. The maximum Gasteiger partial charge on any atom is 0.0404 e. The normalized spacial score (nSPS) is 11.5. The van der Waals surface area contributed by atoms with Crippen LogP contribution in [-0.2, 0) is 0 Å². The van der Waals surface area contributed by atoms with Gasteiger partial charge in [0.15, 0.2) is 0 Å². The topological polar surface area (TPSA) is 0 Å². The highest BCUT2D eigenvalue weighted by atomic mass is 35.5. The molecule has 0 radical (unpaired) electrons. The highest BCUT2D eigenvalue weighted by Gasteiger charge is 1.84. The molecule has 0 aliphatic heterocycles. The Kier molecular flexibility index (Phi) is 5.19. The van der Waals surface area contributed by atoms with Gasteiger partial charge in [-0.25, -0.2) is 0 Å². The third-order valence-electron chi connectivity index (χ3n) is 0.863. The minimum Gasteiger partial charge on any atom is -0.122 e. The number of alkyl halides is 1. The van der Waals surface area contributed by atoms with E-state index in [1.807, 2.05) is 6.08 Å². The summed E-state index contributed by atoms with van der Waals surface area (Å²) in [6, 6.07) is 0. The summed E-state index contributed by atoms with van der Waals surface area (Å²) in [5, 5.41) is 0. The van der Waals surface area contributed by atoms with Crippen molar-refractivity contribution in [3.63, 3.8) is 0 Å². The fourth-order valence-electron chi connectivity index (χ4n) is 0.431. The Morgan fingerprint density at radius 2 is 2.00 bits per heavy atom. The van der Waals surface area contributed by atoms with Crippen LogP contribution in [-0.4, -0.2) is 5.88 Å². The molecule has 0 aliphatic rings. The van der Waals surface area contributed by atoms with E-state index in [9.17, 15) is 0 Å². The van der Waals surface area contributed by atoms with E-state index in [0.717, 1.165) is 12.3 Å². The fourth-order valence-corrected chi connectivity index (χ4v) is 0.557. The van der Waals surface area contributed by atoms with Crippen LogP contribution < -0.4 is 0 Å². The zero-order valence-corrected chi connectivity index (χ0v) is 6.28. The first-order valence-corrected chi connectivity index (χ1v) is 3.51. The lowest BCUT2D eigenvalue weighted by Gasteiger charge is -1.94. The van der Waals surface area contributed by atoms with Crippen LogP contribution in [0.2, 0.25) is 0 Å². The van der Waals surface area contributed by atoms with Gasteiger partial charge in [-0.3, -0.25) is 0 Å². The SMILES string of the molecule is CC(C)CC=CCCl. The van der Waals surface area contributed by atoms with Gasteiger partial charge in [0.1, 0.15) is 0 Å². The second-order valence-electron chi connectivity index (χ2n) is 2.26. The van der Waals surface area contributed by atoms with Gasteiger partial charge in [-0.1, -0.05) is 26.0 Å². The summed E-state index contributed by atoms with van der Waals surface area (Å²) in [4.78, 5) is 0.